The lowest BCUT2D eigenvalue weighted by Gasteiger charge is -2.10. The Labute approximate surface area is 192 Å². The van der Waals surface area contributed by atoms with Crippen LogP contribution in [0, 0.1) is 0 Å². The van der Waals surface area contributed by atoms with E-state index in [0.717, 1.165) is 34.8 Å². The van der Waals surface area contributed by atoms with Gasteiger partial charge in [-0.2, -0.15) is 0 Å². The monoisotopic (exact) mass is 433 g/mol. The highest BCUT2D eigenvalue weighted by Gasteiger charge is 2.14. The minimum absolute atomic E-state index is 0.0802. The van der Waals surface area contributed by atoms with Crippen LogP contribution in [0.25, 0.3) is 16.9 Å². The standard InChI is InChI=1S/C27H23N5O/c33-27(29-16-15-20-7-3-1-4-8-20)22-11-13-23(14-12-22)30-26-25(21-9-5-2-6-10-21)31-24-19-28-17-18-32(24)26/h1-14,17-19,30H,15-16H2,(H,29,33). The van der Waals surface area contributed by atoms with E-state index in [1.54, 1.807) is 12.4 Å². The number of benzene rings is 3. The Balaban J connectivity index is 1.32. The molecule has 162 valence electrons. The molecule has 0 radical (unpaired) electrons. The molecule has 6 nitrogen and oxygen atoms in total. The van der Waals surface area contributed by atoms with Crippen molar-refractivity contribution in [1.29, 1.82) is 0 Å². The summed E-state index contributed by atoms with van der Waals surface area (Å²) in [5.41, 5.74) is 5.30. The summed E-state index contributed by atoms with van der Waals surface area (Å²) in [6, 6.07) is 27.6. The topological polar surface area (TPSA) is 71.3 Å². The third-order valence-corrected chi connectivity index (χ3v) is 5.43. The van der Waals surface area contributed by atoms with Gasteiger partial charge in [0.1, 0.15) is 11.5 Å². The number of carbonyl (C=O) groups excluding carboxylic acids is 1. The molecule has 2 heterocycles. The van der Waals surface area contributed by atoms with E-state index in [9.17, 15) is 4.79 Å². The molecule has 5 aromatic rings. The number of aromatic nitrogens is 3. The van der Waals surface area contributed by atoms with Crippen molar-refractivity contribution in [2.45, 2.75) is 6.42 Å². The fourth-order valence-corrected chi connectivity index (χ4v) is 3.73. The number of hydrogen-bond acceptors (Lipinski definition) is 4. The fourth-order valence-electron chi connectivity index (χ4n) is 3.73. The number of carbonyl (C=O) groups is 1. The Morgan fingerprint density at radius 2 is 1.61 bits per heavy atom. The summed E-state index contributed by atoms with van der Waals surface area (Å²) >= 11 is 0. The minimum Gasteiger partial charge on any atom is -0.352 e. The van der Waals surface area contributed by atoms with Gasteiger partial charge in [0.15, 0.2) is 5.65 Å². The van der Waals surface area contributed by atoms with E-state index in [0.29, 0.717) is 12.1 Å². The first-order valence-corrected chi connectivity index (χ1v) is 10.8. The molecule has 0 aliphatic carbocycles. The average molecular weight is 434 g/mol. The molecule has 1 amide bonds. The number of amides is 1. The van der Waals surface area contributed by atoms with Crippen LogP contribution >= 0.6 is 0 Å². The van der Waals surface area contributed by atoms with Gasteiger partial charge in [-0.3, -0.25) is 14.2 Å². The van der Waals surface area contributed by atoms with Gasteiger partial charge in [0.25, 0.3) is 5.91 Å². The molecule has 5 rings (SSSR count). The van der Waals surface area contributed by atoms with Crippen LogP contribution in [0.2, 0.25) is 0 Å². The van der Waals surface area contributed by atoms with Crippen LogP contribution in [0.1, 0.15) is 15.9 Å². The van der Waals surface area contributed by atoms with Gasteiger partial charge >= 0.3 is 0 Å². The van der Waals surface area contributed by atoms with Crippen molar-refractivity contribution in [2.75, 3.05) is 11.9 Å². The third kappa shape index (κ3) is 4.60. The van der Waals surface area contributed by atoms with E-state index in [2.05, 4.69) is 27.8 Å². The van der Waals surface area contributed by atoms with Gasteiger partial charge in [-0.05, 0) is 36.2 Å². The number of fused-ring (bicyclic) bond motifs is 1. The summed E-state index contributed by atoms with van der Waals surface area (Å²) in [6.07, 6.45) is 6.15. The van der Waals surface area contributed by atoms with Crippen molar-refractivity contribution in [2.24, 2.45) is 0 Å². The highest BCUT2D eigenvalue weighted by atomic mass is 16.1. The number of hydrogen-bond donors (Lipinski definition) is 2. The van der Waals surface area contributed by atoms with Crippen molar-refractivity contribution in [1.82, 2.24) is 19.7 Å². The maximum atomic E-state index is 12.5. The van der Waals surface area contributed by atoms with E-state index in [1.807, 2.05) is 83.4 Å². The minimum atomic E-state index is -0.0802. The summed E-state index contributed by atoms with van der Waals surface area (Å²) in [7, 11) is 0. The first kappa shape index (κ1) is 20.5. The predicted molar refractivity (Wildman–Crippen MR) is 131 cm³/mol. The lowest BCUT2D eigenvalue weighted by Crippen LogP contribution is -2.25. The van der Waals surface area contributed by atoms with Gasteiger partial charge in [-0.15, -0.1) is 0 Å². The normalized spacial score (nSPS) is 10.8. The van der Waals surface area contributed by atoms with Crippen LogP contribution in [-0.4, -0.2) is 26.8 Å². The first-order chi connectivity index (χ1) is 16.3. The maximum Gasteiger partial charge on any atom is 0.251 e. The molecule has 0 unspecified atom stereocenters. The number of rotatable bonds is 7. The number of nitrogens with one attached hydrogen (secondary N) is 2. The second kappa shape index (κ2) is 9.36. The van der Waals surface area contributed by atoms with E-state index in [-0.39, 0.29) is 5.91 Å². The predicted octanol–water partition coefficient (Wildman–Crippen LogP) is 5.11. The molecule has 6 heteroatoms. The van der Waals surface area contributed by atoms with E-state index < -0.39 is 0 Å². The molecular weight excluding hydrogens is 410 g/mol. The first-order valence-electron chi connectivity index (χ1n) is 10.8. The quantitative estimate of drug-likeness (QED) is 0.374. The second-order valence-corrected chi connectivity index (χ2v) is 7.67. The Bertz CT molecular complexity index is 1360. The molecule has 2 aromatic heterocycles. The Kier molecular flexibility index (Phi) is 5.80. The Morgan fingerprint density at radius 3 is 2.36 bits per heavy atom. The lowest BCUT2D eigenvalue weighted by atomic mass is 10.1. The molecule has 0 aliphatic heterocycles. The number of anilines is 2. The lowest BCUT2D eigenvalue weighted by molar-refractivity contribution is 0.0954. The van der Waals surface area contributed by atoms with Crippen LogP contribution in [0.15, 0.2) is 104 Å². The molecule has 2 N–H and O–H groups in total. The number of imidazole rings is 1. The second-order valence-electron chi connectivity index (χ2n) is 7.67. The molecule has 0 atom stereocenters. The number of nitrogens with zero attached hydrogens (tertiary/aromatic N) is 3. The molecule has 0 saturated heterocycles. The fraction of sp³-hybridized carbons (Fsp3) is 0.0741. The van der Waals surface area contributed by atoms with Crippen molar-refractivity contribution in [3.05, 3.63) is 115 Å². The summed E-state index contributed by atoms with van der Waals surface area (Å²) in [6.45, 7) is 0.596. The average Bonchev–Trinajstić information content (AvgIpc) is 3.24. The van der Waals surface area contributed by atoms with Crippen LogP contribution in [-0.2, 0) is 6.42 Å². The van der Waals surface area contributed by atoms with Crippen molar-refractivity contribution in [3.8, 4) is 11.3 Å². The highest BCUT2D eigenvalue weighted by molar-refractivity contribution is 5.94. The summed E-state index contributed by atoms with van der Waals surface area (Å²) in [5, 5.41) is 6.45. The Morgan fingerprint density at radius 1 is 0.879 bits per heavy atom. The smallest absolute Gasteiger partial charge is 0.251 e. The maximum absolute atomic E-state index is 12.5. The van der Waals surface area contributed by atoms with E-state index in [1.165, 1.54) is 5.56 Å². The van der Waals surface area contributed by atoms with Crippen LogP contribution < -0.4 is 10.6 Å². The van der Waals surface area contributed by atoms with E-state index in [4.69, 9.17) is 4.98 Å². The van der Waals surface area contributed by atoms with E-state index >= 15 is 0 Å². The SMILES string of the molecule is O=C(NCCc1ccccc1)c1ccc(Nc2c(-c3ccccc3)nc3cnccn23)cc1. The summed E-state index contributed by atoms with van der Waals surface area (Å²) in [5.74, 6) is 0.766. The summed E-state index contributed by atoms with van der Waals surface area (Å²) in [4.78, 5) is 21.5. The molecule has 0 fully saturated rings. The molecule has 0 bridgehead atoms. The molecular formula is C27H23N5O. The molecule has 0 saturated carbocycles. The van der Waals surface area contributed by atoms with Gasteiger partial charge in [-0.25, -0.2) is 4.98 Å². The van der Waals surface area contributed by atoms with Gasteiger partial charge in [0, 0.05) is 35.8 Å². The zero-order valence-corrected chi connectivity index (χ0v) is 18.0. The van der Waals surface area contributed by atoms with Crippen LogP contribution in [0.4, 0.5) is 11.5 Å². The third-order valence-electron chi connectivity index (χ3n) is 5.43. The highest BCUT2D eigenvalue weighted by Crippen LogP contribution is 2.30. The van der Waals surface area contributed by atoms with Gasteiger partial charge < -0.3 is 10.6 Å². The van der Waals surface area contributed by atoms with Crippen molar-refractivity contribution >= 4 is 23.1 Å². The zero-order valence-electron chi connectivity index (χ0n) is 18.0. The molecule has 0 aliphatic rings. The van der Waals surface area contributed by atoms with Gasteiger partial charge in [-0.1, -0.05) is 60.7 Å². The molecule has 0 spiro atoms. The van der Waals surface area contributed by atoms with Crippen LogP contribution in [0.5, 0.6) is 0 Å². The largest absolute Gasteiger partial charge is 0.352 e. The van der Waals surface area contributed by atoms with Crippen molar-refractivity contribution < 1.29 is 4.79 Å². The van der Waals surface area contributed by atoms with Crippen molar-refractivity contribution in [3.63, 3.8) is 0 Å². The van der Waals surface area contributed by atoms with Gasteiger partial charge in [0.2, 0.25) is 0 Å². The molecule has 33 heavy (non-hydrogen) atoms. The zero-order chi connectivity index (χ0) is 22.5. The molecule has 3 aromatic carbocycles. The summed E-state index contributed by atoms with van der Waals surface area (Å²) < 4.78 is 1.97. The Hall–Kier alpha value is -4.45. The van der Waals surface area contributed by atoms with Crippen LogP contribution in [0.3, 0.4) is 0 Å². The van der Waals surface area contributed by atoms with Gasteiger partial charge in [0.05, 0.1) is 6.20 Å².